The van der Waals surface area contributed by atoms with Crippen LogP contribution in [0.4, 0.5) is 0 Å². The summed E-state index contributed by atoms with van der Waals surface area (Å²) in [6, 6.07) is 4.71. The Balaban J connectivity index is 2.12. The van der Waals surface area contributed by atoms with Gasteiger partial charge in [-0.05, 0) is 56.4 Å². The average Bonchev–Trinajstić information content (AvgIpc) is 2.80. The quantitative estimate of drug-likeness (QED) is 0.888. The maximum atomic E-state index is 12.3. The molecule has 5 nitrogen and oxygen atoms in total. The predicted octanol–water partition coefficient (Wildman–Crippen LogP) is 1.84. The van der Waals surface area contributed by atoms with Gasteiger partial charge in [-0.2, -0.15) is 0 Å². The Morgan fingerprint density at radius 1 is 1.25 bits per heavy atom. The van der Waals surface area contributed by atoms with Gasteiger partial charge in [0.1, 0.15) is 0 Å². The van der Waals surface area contributed by atoms with Crippen LogP contribution in [0.1, 0.15) is 30.4 Å². The van der Waals surface area contributed by atoms with Gasteiger partial charge in [0.2, 0.25) is 10.0 Å². The summed E-state index contributed by atoms with van der Waals surface area (Å²) in [7, 11) is -3.58. The van der Waals surface area contributed by atoms with Crippen molar-refractivity contribution in [2.45, 2.75) is 44.0 Å². The van der Waals surface area contributed by atoms with Crippen LogP contribution in [0.3, 0.4) is 0 Å². The van der Waals surface area contributed by atoms with Crippen LogP contribution in [0.15, 0.2) is 23.1 Å². The molecule has 20 heavy (non-hydrogen) atoms. The molecule has 1 fully saturated rings. The molecule has 1 aromatic carbocycles. The third-order valence-corrected chi connectivity index (χ3v) is 5.41. The first-order chi connectivity index (χ1) is 9.29. The predicted molar refractivity (Wildman–Crippen MR) is 75.0 cm³/mol. The fraction of sp³-hybridized carbons (Fsp3) is 0.500. The molecule has 2 rings (SSSR count). The van der Waals surface area contributed by atoms with Crippen LogP contribution in [-0.2, 0) is 14.8 Å². The van der Waals surface area contributed by atoms with E-state index in [1.807, 2.05) is 13.8 Å². The number of benzene rings is 1. The number of hydrogen-bond acceptors (Lipinski definition) is 3. The summed E-state index contributed by atoms with van der Waals surface area (Å²) in [5.74, 6) is -1.29. The van der Waals surface area contributed by atoms with E-state index >= 15 is 0 Å². The van der Waals surface area contributed by atoms with Gasteiger partial charge in [-0.1, -0.05) is 6.07 Å². The van der Waals surface area contributed by atoms with Crippen LogP contribution in [0.2, 0.25) is 0 Å². The van der Waals surface area contributed by atoms with Gasteiger partial charge in [0.15, 0.2) is 0 Å². The minimum Gasteiger partial charge on any atom is -0.481 e. The minimum absolute atomic E-state index is 0.236. The number of carboxylic acids is 1. The smallest absolute Gasteiger partial charge is 0.306 e. The Kier molecular flexibility index (Phi) is 4.15. The Morgan fingerprint density at radius 2 is 1.95 bits per heavy atom. The zero-order chi connectivity index (χ0) is 14.9. The summed E-state index contributed by atoms with van der Waals surface area (Å²) >= 11 is 0. The van der Waals surface area contributed by atoms with E-state index in [-0.39, 0.29) is 10.9 Å². The second-order valence-corrected chi connectivity index (χ2v) is 7.13. The van der Waals surface area contributed by atoms with Crippen LogP contribution >= 0.6 is 0 Å². The van der Waals surface area contributed by atoms with Crippen molar-refractivity contribution in [1.29, 1.82) is 0 Å². The number of hydrogen-bond donors (Lipinski definition) is 2. The van der Waals surface area contributed by atoms with Crippen LogP contribution < -0.4 is 4.72 Å². The normalized spacial score (nSPS) is 22.9. The van der Waals surface area contributed by atoms with Crippen molar-refractivity contribution in [2.24, 2.45) is 5.92 Å². The zero-order valence-corrected chi connectivity index (χ0v) is 12.4. The molecule has 0 aromatic heterocycles. The van der Waals surface area contributed by atoms with E-state index in [0.717, 1.165) is 11.1 Å². The second kappa shape index (κ2) is 5.54. The third-order valence-electron chi connectivity index (χ3n) is 3.89. The third kappa shape index (κ3) is 3.19. The topological polar surface area (TPSA) is 83.5 Å². The van der Waals surface area contributed by atoms with Crippen molar-refractivity contribution in [3.05, 3.63) is 29.3 Å². The van der Waals surface area contributed by atoms with Gasteiger partial charge in [-0.15, -0.1) is 0 Å². The summed E-state index contributed by atoms with van der Waals surface area (Å²) in [5.41, 5.74) is 1.96. The number of carboxylic acid groups (broad SMARTS) is 1. The van der Waals surface area contributed by atoms with Crippen molar-refractivity contribution < 1.29 is 18.3 Å². The Morgan fingerprint density at radius 3 is 2.50 bits per heavy atom. The van der Waals surface area contributed by atoms with Gasteiger partial charge >= 0.3 is 5.97 Å². The largest absolute Gasteiger partial charge is 0.481 e. The number of sulfonamides is 1. The molecule has 1 aliphatic rings. The molecule has 0 unspecified atom stereocenters. The van der Waals surface area contributed by atoms with Crippen molar-refractivity contribution >= 4 is 16.0 Å². The summed E-state index contributed by atoms with van der Waals surface area (Å²) in [6.07, 6.45) is 1.45. The molecule has 2 atom stereocenters. The molecule has 1 saturated carbocycles. The van der Waals surface area contributed by atoms with Crippen molar-refractivity contribution in [3.63, 3.8) is 0 Å². The lowest BCUT2D eigenvalue weighted by molar-refractivity contribution is -0.141. The van der Waals surface area contributed by atoms with Crippen molar-refractivity contribution in [3.8, 4) is 0 Å². The summed E-state index contributed by atoms with van der Waals surface area (Å²) in [5, 5.41) is 8.94. The van der Waals surface area contributed by atoms with E-state index in [4.69, 9.17) is 5.11 Å². The van der Waals surface area contributed by atoms with Gasteiger partial charge in [-0.25, -0.2) is 13.1 Å². The first kappa shape index (κ1) is 15.0. The minimum atomic E-state index is -3.58. The number of carbonyl (C=O) groups is 1. The lowest BCUT2D eigenvalue weighted by Gasteiger charge is -2.13. The standard InChI is InChI=1S/C14H19NO4S/c1-9-3-6-13(7-10(9)2)20(18,19)15-12-5-4-11(8-12)14(16)17/h3,6-7,11-12,15H,4-5,8H2,1-2H3,(H,16,17)/t11-,12+/m0/s1. The van der Waals surface area contributed by atoms with E-state index in [1.165, 1.54) is 0 Å². The fourth-order valence-electron chi connectivity index (χ4n) is 2.48. The average molecular weight is 297 g/mol. The lowest BCUT2D eigenvalue weighted by Crippen LogP contribution is -2.33. The molecule has 0 aliphatic heterocycles. The highest BCUT2D eigenvalue weighted by Crippen LogP contribution is 2.27. The highest BCUT2D eigenvalue weighted by atomic mass is 32.2. The maximum absolute atomic E-state index is 12.3. The molecular formula is C14H19NO4S. The van der Waals surface area contributed by atoms with E-state index < -0.39 is 21.9 Å². The number of aryl methyl sites for hydroxylation is 2. The number of nitrogens with one attached hydrogen (secondary N) is 1. The van der Waals surface area contributed by atoms with Crippen LogP contribution in [0.25, 0.3) is 0 Å². The molecule has 0 spiro atoms. The molecule has 0 saturated heterocycles. The SMILES string of the molecule is Cc1ccc(S(=O)(=O)N[C@@H]2CC[C@H](C(=O)O)C2)cc1C. The monoisotopic (exact) mass is 297 g/mol. The lowest BCUT2D eigenvalue weighted by atomic mass is 10.1. The summed E-state index contributed by atoms with van der Waals surface area (Å²) in [4.78, 5) is 11.1. The number of aliphatic carboxylic acids is 1. The van der Waals surface area contributed by atoms with Crippen LogP contribution in [0, 0.1) is 19.8 Å². The van der Waals surface area contributed by atoms with E-state index in [0.29, 0.717) is 19.3 Å². The van der Waals surface area contributed by atoms with E-state index in [1.54, 1.807) is 18.2 Å². The van der Waals surface area contributed by atoms with Gasteiger partial charge < -0.3 is 5.11 Å². The Bertz CT molecular complexity index is 624. The summed E-state index contributed by atoms with van der Waals surface area (Å²) in [6.45, 7) is 3.79. The van der Waals surface area contributed by atoms with Gasteiger partial charge in [0.05, 0.1) is 10.8 Å². The Labute approximate surface area is 119 Å². The van der Waals surface area contributed by atoms with Crippen LogP contribution in [0.5, 0.6) is 0 Å². The molecule has 0 bridgehead atoms. The van der Waals surface area contributed by atoms with Gasteiger partial charge in [0.25, 0.3) is 0 Å². The van der Waals surface area contributed by atoms with Crippen LogP contribution in [-0.4, -0.2) is 25.5 Å². The van der Waals surface area contributed by atoms with Crippen molar-refractivity contribution in [2.75, 3.05) is 0 Å². The molecule has 110 valence electrons. The molecule has 6 heteroatoms. The van der Waals surface area contributed by atoms with E-state index in [9.17, 15) is 13.2 Å². The molecular weight excluding hydrogens is 278 g/mol. The Hall–Kier alpha value is -1.40. The molecule has 1 aliphatic carbocycles. The zero-order valence-electron chi connectivity index (χ0n) is 11.6. The molecule has 2 N–H and O–H groups in total. The van der Waals surface area contributed by atoms with Gasteiger partial charge in [-0.3, -0.25) is 4.79 Å². The summed E-state index contributed by atoms with van der Waals surface area (Å²) < 4.78 is 27.2. The molecule has 0 amide bonds. The highest BCUT2D eigenvalue weighted by molar-refractivity contribution is 7.89. The maximum Gasteiger partial charge on any atom is 0.306 e. The fourth-order valence-corrected chi connectivity index (χ4v) is 3.85. The highest BCUT2D eigenvalue weighted by Gasteiger charge is 2.32. The molecule has 1 aromatic rings. The first-order valence-electron chi connectivity index (χ1n) is 6.62. The second-order valence-electron chi connectivity index (χ2n) is 5.41. The van der Waals surface area contributed by atoms with E-state index in [2.05, 4.69) is 4.72 Å². The first-order valence-corrected chi connectivity index (χ1v) is 8.10. The van der Waals surface area contributed by atoms with Crippen molar-refractivity contribution in [1.82, 2.24) is 4.72 Å². The number of rotatable bonds is 4. The van der Waals surface area contributed by atoms with Gasteiger partial charge in [0, 0.05) is 6.04 Å². The molecule has 0 heterocycles. The molecule has 0 radical (unpaired) electrons.